The van der Waals surface area contributed by atoms with E-state index in [0.717, 1.165) is 0 Å². The van der Waals surface area contributed by atoms with Gasteiger partial charge in [-0.25, -0.2) is 0 Å². The van der Waals surface area contributed by atoms with E-state index in [1.165, 1.54) is 14.0 Å². The number of hydrogen-bond donors (Lipinski definition) is 6. The van der Waals surface area contributed by atoms with E-state index in [0.29, 0.717) is 0 Å². The second kappa shape index (κ2) is 7.66. The summed E-state index contributed by atoms with van der Waals surface area (Å²) in [6.45, 7) is 0.932. The van der Waals surface area contributed by atoms with Gasteiger partial charge in [0.2, 0.25) is 0 Å². The Morgan fingerprint density at radius 3 is 2.00 bits per heavy atom. The van der Waals surface area contributed by atoms with Crippen molar-refractivity contribution in [2.45, 2.75) is 68.3 Å². The maximum Gasteiger partial charge on any atom is 0.187 e. The zero-order chi connectivity index (χ0) is 17.3. The van der Waals surface area contributed by atoms with Crippen LogP contribution in [0.5, 0.6) is 0 Å². The highest BCUT2D eigenvalue weighted by Crippen LogP contribution is 2.29. The van der Waals surface area contributed by atoms with Crippen molar-refractivity contribution >= 4 is 0 Å². The van der Waals surface area contributed by atoms with Crippen LogP contribution in [0.3, 0.4) is 0 Å². The van der Waals surface area contributed by atoms with E-state index in [4.69, 9.17) is 18.9 Å². The average molecular weight is 340 g/mol. The molecule has 2 aliphatic rings. The lowest BCUT2D eigenvalue weighted by Gasteiger charge is -2.45. The fourth-order valence-corrected chi connectivity index (χ4v) is 2.70. The summed E-state index contributed by atoms with van der Waals surface area (Å²) in [7, 11) is 1.27. The van der Waals surface area contributed by atoms with Gasteiger partial charge in [0.05, 0.1) is 12.7 Å². The number of hydrogen-bond acceptors (Lipinski definition) is 10. The van der Waals surface area contributed by atoms with E-state index >= 15 is 0 Å². The Labute approximate surface area is 132 Å². The molecule has 2 saturated heterocycles. The van der Waals surface area contributed by atoms with Crippen molar-refractivity contribution in [1.29, 1.82) is 0 Å². The first-order valence-electron chi connectivity index (χ1n) is 7.32. The Bertz CT molecular complexity index is 380. The molecule has 0 amide bonds. The van der Waals surface area contributed by atoms with E-state index in [1.807, 2.05) is 0 Å². The second-order valence-corrected chi connectivity index (χ2v) is 5.72. The van der Waals surface area contributed by atoms with Gasteiger partial charge in [0.25, 0.3) is 0 Å². The topological polar surface area (TPSA) is 158 Å². The van der Waals surface area contributed by atoms with Crippen LogP contribution in [0, 0.1) is 0 Å². The lowest BCUT2D eigenvalue weighted by Crippen LogP contribution is -2.64. The minimum absolute atomic E-state index is 0.544. The predicted molar refractivity (Wildman–Crippen MR) is 72.0 cm³/mol. The lowest BCUT2D eigenvalue weighted by atomic mass is 9.97. The van der Waals surface area contributed by atoms with Crippen LogP contribution in [0.15, 0.2) is 0 Å². The molecular weight excluding hydrogens is 316 g/mol. The van der Waals surface area contributed by atoms with Gasteiger partial charge in [0, 0.05) is 7.11 Å². The molecular formula is C13H24O10. The van der Waals surface area contributed by atoms with Gasteiger partial charge in [0.15, 0.2) is 12.6 Å². The van der Waals surface area contributed by atoms with E-state index in [1.54, 1.807) is 0 Å². The molecule has 23 heavy (non-hydrogen) atoms. The minimum atomic E-state index is -1.58. The molecule has 0 saturated carbocycles. The molecule has 0 aliphatic carbocycles. The number of aliphatic hydroxyl groups is 6. The zero-order valence-electron chi connectivity index (χ0n) is 12.8. The Morgan fingerprint density at radius 1 is 0.826 bits per heavy atom. The molecule has 0 bridgehead atoms. The first-order valence-corrected chi connectivity index (χ1v) is 7.32. The summed E-state index contributed by atoms with van der Waals surface area (Å²) in [5.74, 6) is 0. The molecule has 0 aromatic rings. The van der Waals surface area contributed by atoms with Gasteiger partial charge < -0.3 is 49.6 Å². The zero-order valence-corrected chi connectivity index (χ0v) is 12.8. The summed E-state index contributed by atoms with van der Waals surface area (Å²) >= 11 is 0. The smallest absolute Gasteiger partial charge is 0.187 e. The highest BCUT2D eigenvalue weighted by Gasteiger charge is 2.49. The summed E-state index contributed by atoms with van der Waals surface area (Å²) in [5, 5.41) is 58.8. The summed E-state index contributed by atoms with van der Waals surface area (Å²) in [6.07, 6.45) is -13.0. The van der Waals surface area contributed by atoms with E-state index in [-0.39, 0.29) is 0 Å². The van der Waals surface area contributed by atoms with Crippen molar-refractivity contribution < 1.29 is 49.6 Å². The van der Waals surface area contributed by atoms with Gasteiger partial charge in [-0.3, -0.25) is 0 Å². The Morgan fingerprint density at radius 2 is 1.43 bits per heavy atom. The SMILES string of the molecule is CO[C@H]1O[C@H](CO)[C@H](O[C@H]2O[C@@H](C)[C@@H](O)[C@@H](O)[C@@H]2O)[C@H](O)[C@H]1O. The third-order valence-corrected chi connectivity index (χ3v) is 4.15. The molecule has 0 aromatic carbocycles. The van der Waals surface area contributed by atoms with Crippen LogP contribution >= 0.6 is 0 Å². The maximum atomic E-state index is 10.1. The van der Waals surface area contributed by atoms with E-state index in [9.17, 15) is 30.6 Å². The minimum Gasteiger partial charge on any atom is -0.394 e. The molecule has 2 rings (SSSR count). The largest absolute Gasteiger partial charge is 0.394 e. The maximum absolute atomic E-state index is 10.1. The molecule has 2 aliphatic heterocycles. The molecule has 6 N–H and O–H groups in total. The summed E-state index contributed by atoms with van der Waals surface area (Å²) in [5.41, 5.74) is 0. The van der Waals surface area contributed by atoms with Gasteiger partial charge in [0.1, 0.15) is 42.7 Å². The van der Waals surface area contributed by atoms with E-state index < -0.39 is 68.0 Å². The van der Waals surface area contributed by atoms with Crippen LogP contribution in [0.1, 0.15) is 6.92 Å². The van der Waals surface area contributed by atoms with Crippen molar-refractivity contribution in [3.8, 4) is 0 Å². The quantitative estimate of drug-likeness (QED) is 0.300. The summed E-state index contributed by atoms with van der Waals surface area (Å²) in [4.78, 5) is 0. The first kappa shape index (κ1) is 18.9. The van der Waals surface area contributed by atoms with Crippen LogP contribution in [0.4, 0.5) is 0 Å². The van der Waals surface area contributed by atoms with Gasteiger partial charge in [-0.2, -0.15) is 0 Å². The van der Waals surface area contributed by atoms with Gasteiger partial charge >= 0.3 is 0 Å². The van der Waals surface area contributed by atoms with Crippen molar-refractivity contribution in [1.82, 2.24) is 0 Å². The van der Waals surface area contributed by atoms with Crippen LogP contribution in [0.25, 0.3) is 0 Å². The fourth-order valence-electron chi connectivity index (χ4n) is 2.70. The fraction of sp³-hybridized carbons (Fsp3) is 1.00. The first-order chi connectivity index (χ1) is 10.8. The summed E-state index contributed by atoms with van der Waals surface area (Å²) in [6, 6.07) is 0. The third kappa shape index (κ3) is 3.66. The van der Waals surface area contributed by atoms with E-state index in [2.05, 4.69) is 0 Å². The number of rotatable bonds is 4. The van der Waals surface area contributed by atoms with Crippen LogP contribution in [0.2, 0.25) is 0 Å². The number of ether oxygens (including phenoxy) is 4. The second-order valence-electron chi connectivity index (χ2n) is 5.72. The Kier molecular flexibility index (Phi) is 6.30. The molecule has 2 fully saturated rings. The molecule has 136 valence electrons. The molecule has 0 aromatic heterocycles. The predicted octanol–water partition coefficient (Wildman–Crippen LogP) is -3.72. The molecule has 2 heterocycles. The standard InChI is InChI=1S/C13H24O10/c1-4-6(15)7(16)9(18)13(21-4)23-11-5(3-14)22-12(20-2)10(19)8(11)17/h4-19H,3H2,1-2H3/t4-,5+,6+,7+,8+,9-,10+,11-,12-,13+/m0/s1. The van der Waals surface area contributed by atoms with Gasteiger partial charge in [-0.05, 0) is 6.92 Å². The molecule has 0 unspecified atom stereocenters. The molecule has 0 spiro atoms. The lowest BCUT2D eigenvalue weighted by molar-refractivity contribution is -0.354. The van der Waals surface area contributed by atoms with Crippen molar-refractivity contribution in [3.63, 3.8) is 0 Å². The van der Waals surface area contributed by atoms with Gasteiger partial charge in [-0.1, -0.05) is 0 Å². The average Bonchev–Trinajstić information content (AvgIpc) is 2.54. The van der Waals surface area contributed by atoms with Crippen molar-refractivity contribution in [3.05, 3.63) is 0 Å². The van der Waals surface area contributed by atoms with Gasteiger partial charge in [-0.15, -0.1) is 0 Å². The number of methoxy groups -OCH3 is 1. The third-order valence-electron chi connectivity index (χ3n) is 4.15. The molecule has 10 atom stereocenters. The molecule has 0 radical (unpaired) electrons. The highest BCUT2D eigenvalue weighted by molar-refractivity contribution is 4.93. The monoisotopic (exact) mass is 340 g/mol. The van der Waals surface area contributed by atoms with Crippen molar-refractivity contribution in [2.24, 2.45) is 0 Å². The normalized spacial score (nSPS) is 51.7. The van der Waals surface area contributed by atoms with Crippen molar-refractivity contribution in [2.75, 3.05) is 13.7 Å². The molecule has 10 nitrogen and oxygen atoms in total. The molecule has 10 heteroatoms. The van der Waals surface area contributed by atoms with Crippen LogP contribution in [-0.4, -0.2) is 106 Å². The number of aliphatic hydroxyl groups excluding tert-OH is 6. The van der Waals surface area contributed by atoms with Crippen LogP contribution in [-0.2, 0) is 18.9 Å². The van der Waals surface area contributed by atoms with Crippen LogP contribution < -0.4 is 0 Å². The highest BCUT2D eigenvalue weighted by atomic mass is 16.7. The summed E-state index contributed by atoms with van der Waals surface area (Å²) < 4.78 is 20.8. The Hall–Kier alpha value is -0.400. The Balaban J connectivity index is 2.10.